The van der Waals surface area contributed by atoms with Gasteiger partial charge < -0.3 is 19.9 Å². The van der Waals surface area contributed by atoms with Crippen LogP contribution in [0.25, 0.3) is 0 Å². The average Bonchev–Trinajstić information content (AvgIpc) is 2.62. The maximum absolute atomic E-state index is 11.3. The number of carboxylic acid groups (broad SMARTS) is 1. The first-order chi connectivity index (χ1) is 12.0. The highest BCUT2D eigenvalue weighted by Gasteiger charge is 2.28. The van der Waals surface area contributed by atoms with Crippen LogP contribution in [0.15, 0.2) is 36.4 Å². The largest absolute Gasteiger partial charge is 0.493 e. The molecule has 0 bridgehead atoms. The second-order valence-corrected chi connectivity index (χ2v) is 5.56. The van der Waals surface area contributed by atoms with Gasteiger partial charge in [0, 0.05) is 30.7 Å². The maximum atomic E-state index is 11.3. The molecule has 0 unspecified atom stereocenters. The SMILES string of the molecule is COc1ccc2c(c1Oc1ccc([N+](=O)[O-])cc1)C[C@@H](C(=O)O)NC2. The molecule has 1 atom stereocenters. The summed E-state index contributed by atoms with van der Waals surface area (Å²) in [7, 11) is 1.50. The van der Waals surface area contributed by atoms with Crippen LogP contribution in [-0.2, 0) is 17.8 Å². The Morgan fingerprint density at radius 3 is 2.60 bits per heavy atom. The number of carboxylic acids is 1. The van der Waals surface area contributed by atoms with Gasteiger partial charge in [-0.15, -0.1) is 0 Å². The number of nitrogens with one attached hydrogen (secondary N) is 1. The molecule has 0 radical (unpaired) electrons. The molecule has 1 aliphatic rings. The zero-order chi connectivity index (χ0) is 18.0. The number of hydrogen-bond acceptors (Lipinski definition) is 6. The molecule has 0 spiro atoms. The Kier molecular flexibility index (Phi) is 4.53. The van der Waals surface area contributed by atoms with Crippen LogP contribution in [0.5, 0.6) is 17.2 Å². The van der Waals surface area contributed by atoms with Crippen molar-refractivity contribution < 1.29 is 24.3 Å². The minimum atomic E-state index is -0.935. The Morgan fingerprint density at radius 2 is 2.00 bits per heavy atom. The summed E-state index contributed by atoms with van der Waals surface area (Å²) in [5.74, 6) is 0.377. The van der Waals surface area contributed by atoms with Gasteiger partial charge in [0.2, 0.25) is 0 Å². The number of benzene rings is 2. The summed E-state index contributed by atoms with van der Waals surface area (Å²) in [5.41, 5.74) is 1.64. The van der Waals surface area contributed by atoms with Crippen LogP contribution in [0.3, 0.4) is 0 Å². The minimum Gasteiger partial charge on any atom is -0.493 e. The van der Waals surface area contributed by atoms with E-state index in [1.54, 1.807) is 6.07 Å². The van der Waals surface area contributed by atoms with Gasteiger partial charge in [0.05, 0.1) is 12.0 Å². The van der Waals surface area contributed by atoms with E-state index in [2.05, 4.69) is 5.32 Å². The third-order valence-electron chi connectivity index (χ3n) is 4.05. The number of nitro groups is 1. The molecular formula is C17H16N2O6. The van der Waals surface area contributed by atoms with Gasteiger partial charge in [-0.3, -0.25) is 14.9 Å². The molecule has 8 nitrogen and oxygen atoms in total. The van der Waals surface area contributed by atoms with E-state index in [4.69, 9.17) is 9.47 Å². The number of carbonyl (C=O) groups is 1. The fourth-order valence-electron chi connectivity index (χ4n) is 2.75. The first-order valence-corrected chi connectivity index (χ1v) is 7.57. The van der Waals surface area contributed by atoms with E-state index in [0.29, 0.717) is 23.8 Å². The fourth-order valence-corrected chi connectivity index (χ4v) is 2.75. The minimum absolute atomic E-state index is 0.0375. The molecule has 8 heteroatoms. The first-order valence-electron chi connectivity index (χ1n) is 7.57. The van der Waals surface area contributed by atoms with E-state index in [1.807, 2.05) is 6.07 Å². The molecule has 130 valence electrons. The Balaban J connectivity index is 1.97. The monoisotopic (exact) mass is 344 g/mol. The van der Waals surface area contributed by atoms with Crippen molar-refractivity contribution in [2.75, 3.05) is 7.11 Å². The van der Waals surface area contributed by atoms with Gasteiger partial charge in [0.25, 0.3) is 5.69 Å². The zero-order valence-corrected chi connectivity index (χ0v) is 13.4. The van der Waals surface area contributed by atoms with Crippen LogP contribution >= 0.6 is 0 Å². The number of ether oxygens (including phenoxy) is 2. The second-order valence-electron chi connectivity index (χ2n) is 5.56. The van der Waals surface area contributed by atoms with Crippen molar-refractivity contribution in [1.82, 2.24) is 5.32 Å². The average molecular weight is 344 g/mol. The molecule has 1 heterocycles. The quantitative estimate of drug-likeness (QED) is 0.633. The molecule has 0 fully saturated rings. The maximum Gasteiger partial charge on any atom is 0.321 e. The van der Waals surface area contributed by atoms with Crippen LogP contribution < -0.4 is 14.8 Å². The lowest BCUT2D eigenvalue weighted by Crippen LogP contribution is -2.41. The molecule has 2 aromatic rings. The summed E-state index contributed by atoms with van der Waals surface area (Å²) in [6, 6.07) is 8.58. The normalized spacial score (nSPS) is 16.0. The summed E-state index contributed by atoms with van der Waals surface area (Å²) in [6.45, 7) is 0.410. The summed E-state index contributed by atoms with van der Waals surface area (Å²) in [4.78, 5) is 21.5. The predicted molar refractivity (Wildman–Crippen MR) is 88.1 cm³/mol. The summed E-state index contributed by atoms with van der Waals surface area (Å²) in [6.07, 6.45) is 0.254. The van der Waals surface area contributed by atoms with Crippen molar-refractivity contribution in [3.8, 4) is 17.2 Å². The highest BCUT2D eigenvalue weighted by Crippen LogP contribution is 2.39. The topological polar surface area (TPSA) is 111 Å². The van der Waals surface area contributed by atoms with Crippen molar-refractivity contribution in [2.45, 2.75) is 19.0 Å². The van der Waals surface area contributed by atoms with Gasteiger partial charge in [-0.05, 0) is 23.8 Å². The van der Waals surface area contributed by atoms with Gasteiger partial charge in [-0.2, -0.15) is 0 Å². The fraction of sp³-hybridized carbons (Fsp3) is 0.235. The van der Waals surface area contributed by atoms with E-state index >= 15 is 0 Å². The lowest BCUT2D eigenvalue weighted by Gasteiger charge is -2.26. The van der Waals surface area contributed by atoms with E-state index in [1.165, 1.54) is 31.4 Å². The molecule has 0 saturated heterocycles. The van der Waals surface area contributed by atoms with Crippen LogP contribution in [0.4, 0.5) is 5.69 Å². The third kappa shape index (κ3) is 3.38. The first kappa shape index (κ1) is 16.7. The summed E-state index contributed by atoms with van der Waals surface area (Å²) < 4.78 is 11.2. The van der Waals surface area contributed by atoms with Crippen molar-refractivity contribution >= 4 is 11.7 Å². The number of aliphatic carboxylic acids is 1. The van der Waals surface area contributed by atoms with E-state index in [0.717, 1.165) is 11.1 Å². The summed E-state index contributed by atoms with van der Waals surface area (Å²) >= 11 is 0. The lowest BCUT2D eigenvalue weighted by molar-refractivity contribution is -0.384. The van der Waals surface area contributed by atoms with Gasteiger partial charge in [-0.25, -0.2) is 0 Å². The lowest BCUT2D eigenvalue weighted by atomic mass is 9.94. The number of hydrogen-bond donors (Lipinski definition) is 2. The Bertz CT molecular complexity index is 819. The number of fused-ring (bicyclic) bond motifs is 1. The number of non-ortho nitro benzene ring substituents is 1. The molecule has 0 aromatic heterocycles. The smallest absolute Gasteiger partial charge is 0.321 e. The molecule has 0 aliphatic carbocycles. The highest BCUT2D eigenvalue weighted by atomic mass is 16.6. The molecule has 1 aliphatic heterocycles. The molecule has 0 saturated carbocycles. The van der Waals surface area contributed by atoms with E-state index in [-0.39, 0.29) is 12.1 Å². The molecular weight excluding hydrogens is 328 g/mol. The van der Waals surface area contributed by atoms with Crippen molar-refractivity contribution in [3.63, 3.8) is 0 Å². The van der Waals surface area contributed by atoms with Crippen LogP contribution in [0.2, 0.25) is 0 Å². The molecule has 2 aromatic carbocycles. The van der Waals surface area contributed by atoms with Gasteiger partial charge in [-0.1, -0.05) is 6.07 Å². The third-order valence-corrected chi connectivity index (χ3v) is 4.05. The molecule has 25 heavy (non-hydrogen) atoms. The predicted octanol–water partition coefficient (Wildman–Crippen LogP) is 2.49. The Hall–Kier alpha value is -3.13. The number of nitro benzene ring substituents is 1. The molecule has 2 N–H and O–H groups in total. The van der Waals surface area contributed by atoms with E-state index in [9.17, 15) is 20.0 Å². The van der Waals surface area contributed by atoms with Crippen LogP contribution in [-0.4, -0.2) is 29.2 Å². The number of nitrogens with zero attached hydrogens (tertiary/aromatic N) is 1. The van der Waals surface area contributed by atoms with Crippen molar-refractivity contribution in [1.29, 1.82) is 0 Å². The van der Waals surface area contributed by atoms with Crippen molar-refractivity contribution in [3.05, 3.63) is 57.6 Å². The van der Waals surface area contributed by atoms with Crippen LogP contribution in [0, 0.1) is 10.1 Å². The Morgan fingerprint density at radius 1 is 1.28 bits per heavy atom. The van der Waals surface area contributed by atoms with Crippen molar-refractivity contribution in [2.24, 2.45) is 0 Å². The van der Waals surface area contributed by atoms with Gasteiger partial charge in [0.15, 0.2) is 11.5 Å². The highest BCUT2D eigenvalue weighted by molar-refractivity contribution is 5.75. The summed E-state index contributed by atoms with van der Waals surface area (Å²) in [5, 5.41) is 23.0. The molecule has 0 amide bonds. The molecule has 3 rings (SSSR count). The standard InChI is InChI=1S/C17H16N2O6/c1-24-15-7-2-10-9-18-14(17(20)21)8-13(10)16(15)25-12-5-3-11(4-6-12)19(22)23/h2-7,14,18H,8-9H2,1H3,(H,20,21)/t14-/m0/s1. The second kappa shape index (κ2) is 6.78. The number of rotatable bonds is 5. The van der Waals surface area contributed by atoms with Gasteiger partial charge in [0.1, 0.15) is 11.8 Å². The zero-order valence-electron chi connectivity index (χ0n) is 13.4. The van der Waals surface area contributed by atoms with E-state index < -0.39 is 16.9 Å². The van der Waals surface area contributed by atoms with Crippen LogP contribution in [0.1, 0.15) is 11.1 Å². The Labute approximate surface area is 143 Å². The van der Waals surface area contributed by atoms with Gasteiger partial charge >= 0.3 is 5.97 Å². The number of methoxy groups -OCH3 is 1.